The third kappa shape index (κ3) is 3.36. The number of carbonyl (C=O) groups excluding carboxylic acids is 1. The summed E-state index contributed by atoms with van der Waals surface area (Å²) in [6, 6.07) is 15.0. The van der Waals surface area contributed by atoms with Gasteiger partial charge in [0.05, 0.1) is 20.3 Å². The highest BCUT2D eigenvalue weighted by Crippen LogP contribution is 2.42. The fourth-order valence-electron chi connectivity index (χ4n) is 3.68. The van der Waals surface area contributed by atoms with Crippen molar-refractivity contribution in [2.45, 2.75) is 12.5 Å². The van der Waals surface area contributed by atoms with Crippen molar-refractivity contribution in [3.8, 4) is 11.5 Å². The van der Waals surface area contributed by atoms with Crippen molar-refractivity contribution in [3.63, 3.8) is 0 Å². The topological polar surface area (TPSA) is 38.8 Å². The molecule has 0 radical (unpaired) electrons. The number of amides is 1. The van der Waals surface area contributed by atoms with Crippen LogP contribution < -0.4 is 9.47 Å². The van der Waals surface area contributed by atoms with Crippen LogP contribution in [0.25, 0.3) is 0 Å². The Morgan fingerprint density at radius 2 is 1.82 bits per heavy atom. The lowest BCUT2D eigenvalue weighted by molar-refractivity contribution is 0.0697. The highest BCUT2D eigenvalue weighted by molar-refractivity contribution is 7.10. The minimum Gasteiger partial charge on any atom is -0.493 e. The van der Waals surface area contributed by atoms with Crippen molar-refractivity contribution in [1.82, 2.24) is 4.90 Å². The monoisotopic (exact) mass is 413 g/mol. The number of methoxy groups -OCH3 is 2. The van der Waals surface area contributed by atoms with Crippen molar-refractivity contribution in [1.29, 1.82) is 0 Å². The molecule has 1 aliphatic heterocycles. The lowest BCUT2D eigenvalue weighted by Crippen LogP contribution is -2.40. The maximum absolute atomic E-state index is 13.3. The number of hydrogen-bond donors (Lipinski definition) is 0. The summed E-state index contributed by atoms with van der Waals surface area (Å²) in [7, 11) is 3.27. The molecule has 2 aromatic carbocycles. The molecule has 0 saturated heterocycles. The van der Waals surface area contributed by atoms with Gasteiger partial charge < -0.3 is 14.4 Å². The molecular weight excluding hydrogens is 394 g/mol. The van der Waals surface area contributed by atoms with E-state index in [4.69, 9.17) is 21.1 Å². The van der Waals surface area contributed by atoms with Gasteiger partial charge in [0.25, 0.3) is 5.91 Å². The first-order chi connectivity index (χ1) is 13.6. The number of carbonyl (C=O) groups is 1. The lowest BCUT2D eigenvalue weighted by atomic mass is 9.90. The van der Waals surface area contributed by atoms with Crippen molar-refractivity contribution >= 4 is 28.8 Å². The summed E-state index contributed by atoms with van der Waals surface area (Å²) in [5.74, 6) is 1.38. The molecule has 0 fully saturated rings. The van der Waals surface area contributed by atoms with Crippen LogP contribution in [0.3, 0.4) is 0 Å². The standard InChI is InChI=1S/C22H20ClNO3S/c1-26-18-12-15-9-10-24(22(25)14-5-7-16(23)8-6-14)21(20-4-3-11-28-20)17(15)13-19(18)27-2/h3-8,11-13,21H,9-10H2,1-2H3/t21-/m1/s1. The van der Waals surface area contributed by atoms with Crippen LogP contribution in [0.4, 0.5) is 0 Å². The summed E-state index contributed by atoms with van der Waals surface area (Å²) in [6.07, 6.45) is 0.761. The van der Waals surface area contributed by atoms with E-state index in [9.17, 15) is 4.79 Å². The first-order valence-corrected chi connectivity index (χ1v) is 10.2. The molecule has 1 amide bonds. The normalized spacial score (nSPS) is 15.8. The minimum atomic E-state index is -0.160. The number of hydrogen-bond acceptors (Lipinski definition) is 4. The van der Waals surface area contributed by atoms with Crippen molar-refractivity contribution in [2.75, 3.05) is 20.8 Å². The van der Waals surface area contributed by atoms with Gasteiger partial charge in [0.15, 0.2) is 11.5 Å². The van der Waals surface area contributed by atoms with Crippen LogP contribution >= 0.6 is 22.9 Å². The van der Waals surface area contributed by atoms with E-state index in [0.717, 1.165) is 16.9 Å². The Hall–Kier alpha value is -2.50. The summed E-state index contributed by atoms with van der Waals surface area (Å²) in [5, 5.41) is 2.65. The van der Waals surface area contributed by atoms with Crippen molar-refractivity contribution < 1.29 is 14.3 Å². The number of halogens is 1. The third-order valence-electron chi connectivity index (χ3n) is 5.04. The minimum absolute atomic E-state index is 0.00417. The highest BCUT2D eigenvalue weighted by atomic mass is 35.5. The Morgan fingerprint density at radius 3 is 2.46 bits per heavy atom. The smallest absolute Gasteiger partial charge is 0.254 e. The fourth-order valence-corrected chi connectivity index (χ4v) is 4.66. The van der Waals surface area contributed by atoms with E-state index < -0.39 is 0 Å². The zero-order valence-corrected chi connectivity index (χ0v) is 17.2. The highest BCUT2D eigenvalue weighted by Gasteiger charge is 2.34. The van der Waals surface area contributed by atoms with Gasteiger partial charge in [-0.05, 0) is 65.4 Å². The summed E-state index contributed by atoms with van der Waals surface area (Å²) < 4.78 is 11.0. The van der Waals surface area contributed by atoms with Crippen molar-refractivity contribution in [3.05, 3.63) is 80.5 Å². The first-order valence-electron chi connectivity index (χ1n) is 8.97. The van der Waals surface area contributed by atoms with Gasteiger partial charge in [-0.25, -0.2) is 0 Å². The van der Waals surface area contributed by atoms with E-state index in [2.05, 4.69) is 6.07 Å². The Bertz CT molecular complexity index is 986. The van der Waals surface area contributed by atoms with Gasteiger partial charge in [0, 0.05) is 22.0 Å². The SMILES string of the molecule is COc1cc2c(cc1OC)[C@H](c1cccs1)N(C(=O)c1ccc(Cl)cc1)CC2. The number of thiophene rings is 1. The van der Waals surface area contributed by atoms with Gasteiger partial charge in [0.1, 0.15) is 0 Å². The Kier molecular flexibility index (Phi) is 5.29. The molecule has 0 aliphatic carbocycles. The maximum Gasteiger partial charge on any atom is 0.254 e. The van der Waals surface area contributed by atoms with Gasteiger partial charge >= 0.3 is 0 Å². The largest absolute Gasteiger partial charge is 0.493 e. The number of fused-ring (bicyclic) bond motifs is 1. The quantitative estimate of drug-likeness (QED) is 0.589. The molecule has 0 spiro atoms. The second-order valence-corrected chi connectivity index (χ2v) is 8.00. The zero-order chi connectivity index (χ0) is 19.7. The van der Waals surface area contributed by atoms with Crippen LogP contribution in [0.2, 0.25) is 5.02 Å². The zero-order valence-electron chi connectivity index (χ0n) is 15.6. The van der Waals surface area contributed by atoms with Gasteiger partial charge in [-0.15, -0.1) is 11.3 Å². The fraction of sp³-hybridized carbons (Fsp3) is 0.227. The number of rotatable bonds is 4. The van der Waals surface area contributed by atoms with Crippen LogP contribution in [0.5, 0.6) is 11.5 Å². The molecule has 4 nitrogen and oxygen atoms in total. The Balaban J connectivity index is 1.81. The third-order valence-corrected chi connectivity index (χ3v) is 6.22. The molecule has 6 heteroatoms. The molecule has 1 aliphatic rings. The summed E-state index contributed by atoms with van der Waals surface area (Å²) >= 11 is 7.64. The van der Waals surface area contributed by atoms with E-state index >= 15 is 0 Å². The van der Waals surface area contributed by atoms with E-state index in [1.54, 1.807) is 49.8 Å². The molecule has 2 heterocycles. The molecule has 3 aromatic rings. The maximum atomic E-state index is 13.3. The van der Waals surface area contributed by atoms with Crippen LogP contribution in [0.1, 0.15) is 32.4 Å². The second-order valence-electron chi connectivity index (χ2n) is 6.58. The predicted octanol–water partition coefficient (Wildman–Crippen LogP) is 5.21. The van der Waals surface area contributed by atoms with Gasteiger partial charge in [-0.3, -0.25) is 4.79 Å². The molecule has 0 N–H and O–H groups in total. The summed E-state index contributed by atoms with van der Waals surface area (Å²) in [4.78, 5) is 16.4. The summed E-state index contributed by atoms with van der Waals surface area (Å²) in [6.45, 7) is 0.631. The van der Waals surface area contributed by atoms with E-state index in [-0.39, 0.29) is 11.9 Å². The molecule has 0 unspecified atom stereocenters. The van der Waals surface area contributed by atoms with Gasteiger partial charge in [-0.1, -0.05) is 17.7 Å². The van der Waals surface area contributed by atoms with E-state index in [1.807, 2.05) is 28.5 Å². The van der Waals surface area contributed by atoms with E-state index in [1.165, 1.54) is 5.56 Å². The van der Waals surface area contributed by atoms with Crippen molar-refractivity contribution in [2.24, 2.45) is 0 Å². The second kappa shape index (κ2) is 7.86. The molecule has 1 atom stereocenters. The van der Waals surface area contributed by atoms with Gasteiger partial charge in [0.2, 0.25) is 0 Å². The number of benzene rings is 2. The van der Waals surface area contributed by atoms with Crippen LogP contribution in [-0.2, 0) is 6.42 Å². The molecule has 1 aromatic heterocycles. The summed E-state index contributed by atoms with van der Waals surface area (Å²) in [5.41, 5.74) is 2.89. The Labute approximate surface area is 173 Å². The van der Waals surface area contributed by atoms with Crippen LogP contribution in [0.15, 0.2) is 53.9 Å². The molecule has 4 rings (SSSR count). The lowest BCUT2D eigenvalue weighted by Gasteiger charge is -2.37. The molecule has 0 saturated carbocycles. The predicted molar refractivity (Wildman–Crippen MR) is 112 cm³/mol. The van der Waals surface area contributed by atoms with Gasteiger partial charge in [-0.2, -0.15) is 0 Å². The average Bonchev–Trinajstić information content (AvgIpc) is 3.26. The average molecular weight is 414 g/mol. The molecule has 0 bridgehead atoms. The van der Waals surface area contributed by atoms with Crippen LogP contribution in [-0.4, -0.2) is 31.6 Å². The number of nitrogens with zero attached hydrogens (tertiary/aromatic N) is 1. The van der Waals surface area contributed by atoms with E-state index in [0.29, 0.717) is 28.6 Å². The molecular formula is C22H20ClNO3S. The van der Waals surface area contributed by atoms with Crippen LogP contribution in [0, 0.1) is 0 Å². The Morgan fingerprint density at radius 1 is 1.11 bits per heavy atom. The molecule has 144 valence electrons. The molecule has 28 heavy (non-hydrogen) atoms. The first kappa shape index (κ1) is 18.8. The number of ether oxygens (including phenoxy) is 2.